The van der Waals surface area contributed by atoms with Gasteiger partial charge >= 0.3 is 0 Å². The number of halogens is 2. The molecule has 0 aliphatic carbocycles. The molecule has 2 aromatic carbocycles. The predicted octanol–water partition coefficient (Wildman–Crippen LogP) is 3.88. The van der Waals surface area contributed by atoms with Gasteiger partial charge in [0.05, 0.1) is 15.6 Å². The molecule has 134 valence electrons. The molecule has 0 unspecified atom stereocenters. The van der Waals surface area contributed by atoms with Gasteiger partial charge in [0.2, 0.25) is 5.91 Å². The smallest absolute Gasteiger partial charge is 0.271 e. The number of nitrogens with zero attached hydrogens (tertiary/aromatic N) is 1. The topological polar surface area (TPSA) is 63.1 Å². The molecule has 2 N–H and O–H groups in total. The van der Waals surface area contributed by atoms with Crippen molar-refractivity contribution < 1.29 is 9.59 Å². The number of aryl methyl sites for hydroxylation is 2. The van der Waals surface area contributed by atoms with Crippen molar-refractivity contribution in [3.8, 4) is 0 Å². The zero-order chi connectivity index (χ0) is 18.7. The van der Waals surface area contributed by atoms with Crippen LogP contribution in [0.4, 0.5) is 0 Å². The molecule has 2 amide bonds. The molecule has 26 heavy (non-hydrogen) atoms. The fourth-order valence-corrected chi connectivity index (χ4v) is 3.18. The van der Waals surface area contributed by atoms with Crippen LogP contribution >= 0.6 is 23.2 Å². The summed E-state index contributed by atoms with van der Waals surface area (Å²) in [6.07, 6.45) is 2.34. The number of fused-ring (bicyclic) bond motifs is 1. The number of aromatic nitrogens is 1. The van der Waals surface area contributed by atoms with E-state index in [1.54, 1.807) is 18.3 Å². The zero-order valence-corrected chi connectivity index (χ0v) is 15.6. The van der Waals surface area contributed by atoms with Gasteiger partial charge in [-0.15, -0.1) is 0 Å². The van der Waals surface area contributed by atoms with Gasteiger partial charge in [-0.2, -0.15) is 0 Å². The second-order valence-electron chi connectivity index (χ2n) is 5.89. The highest BCUT2D eigenvalue weighted by Gasteiger charge is 2.14. The Bertz CT molecular complexity index is 982. The summed E-state index contributed by atoms with van der Waals surface area (Å²) < 4.78 is 1.87. The molecule has 1 aromatic heterocycles. The van der Waals surface area contributed by atoms with Crippen molar-refractivity contribution in [2.24, 2.45) is 7.05 Å². The molecule has 0 bridgehead atoms. The van der Waals surface area contributed by atoms with E-state index < -0.39 is 0 Å². The Morgan fingerprint density at radius 3 is 2.62 bits per heavy atom. The lowest BCUT2D eigenvalue weighted by molar-refractivity contribution is -0.121. The molecule has 1 heterocycles. The van der Waals surface area contributed by atoms with Crippen molar-refractivity contribution in [2.75, 3.05) is 0 Å². The van der Waals surface area contributed by atoms with Crippen LogP contribution in [0.5, 0.6) is 0 Å². The van der Waals surface area contributed by atoms with Gasteiger partial charge in [-0.1, -0.05) is 53.5 Å². The molecule has 0 radical (unpaired) electrons. The molecule has 5 nitrogen and oxygen atoms in total. The molecule has 3 rings (SSSR count). The Morgan fingerprint density at radius 2 is 1.81 bits per heavy atom. The highest BCUT2D eigenvalue weighted by Crippen LogP contribution is 2.26. The van der Waals surface area contributed by atoms with Crippen LogP contribution in [-0.2, 0) is 18.3 Å². The minimum Gasteiger partial charge on any atom is -0.350 e. The van der Waals surface area contributed by atoms with E-state index in [2.05, 4.69) is 10.9 Å². The number of nitrogens with one attached hydrogen (secondary N) is 2. The van der Waals surface area contributed by atoms with Gasteiger partial charge in [-0.05, 0) is 24.1 Å². The maximum Gasteiger partial charge on any atom is 0.271 e. The van der Waals surface area contributed by atoms with E-state index in [1.165, 1.54) is 0 Å². The van der Waals surface area contributed by atoms with Crippen LogP contribution in [0.3, 0.4) is 0 Å². The van der Waals surface area contributed by atoms with Crippen LogP contribution in [0.25, 0.3) is 10.9 Å². The van der Waals surface area contributed by atoms with E-state index in [4.69, 9.17) is 23.2 Å². The summed E-state index contributed by atoms with van der Waals surface area (Å²) in [6.45, 7) is 0. The standard InChI is InChI=1S/C19H17Cl2N3O2/c1-24-11-14(13-6-2-3-8-16(13)24)19(26)23-22-17(25)10-9-12-5-4-7-15(20)18(12)21/h2-8,11H,9-10H2,1H3,(H,22,25)(H,23,26). The minimum atomic E-state index is -0.365. The van der Waals surface area contributed by atoms with Gasteiger partial charge in [0.15, 0.2) is 0 Å². The number of hydrogen-bond acceptors (Lipinski definition) is 2. The maximum atomic E-state index is 12.4. The number of para-hydroxylation sites is 1. The Morgan fingerprint density at radius 1 is 1.04 bits per heavy atom. The van der Waals surface area contributed by atoms with E-state index in [-0.39, 0.29) is 18.2 Å². The molecule has 0 atom stereocenters. The lowest BCUT2D eigenvalue weighted by atomic mass is 10.1. The Hall–Kier alpha value is -2.50. The highest BCUT2D eigenvalue weighted by atomic mass is 35.5. The molecule has 0 fully saturated rings. The average molecular weight is 390 g/mol. The van der Waals surface area contributed by atoms with Crippen LogP contribution in [0.15, 0.2) is 48.7 Å². The van der Waals surface area contributed by atoms with Crippen molar-refractivity contribution in [1.82, 2.24) is 15.4 Å². The quantitative estimate of drug-likeness (QED) is 0.665. The van der Waals surface area contributed by atoms with Crippen LogP contribution in [0, 0.1) is 0 Å². The van der Waals surface area contributed by atoms with Crippen LogP contribution in [0.2, 0.25) is 10.0 Å². The lowest BCUT2D eigenvalue weighted by Gasteiger charge is -2.08. The Kier molecular flexibility index (Phi) is 5.49. The van der Waals surface area contributed by atoms with Gasteiger partial charge in [0.1, 0.15) is 0 Å². The molecule has 0 saturated heterocycles. The minimum absolute atomic E-state index is 0.176. The van der Waals surface area contributed by atoms with E-state index in [9.17, 15) is 9.59 Å². The predicted molar refractivity (Wildman–Crippen MR) is 103 cm³/mol. The third-order valence-corrected chi connectivity index (χ3v) is 4.97. The van der Waals surface area contributed by atoms with Crippen LogP contribution in [0.1, 0.15) is 22.3 Å². The van der Waals surface area contributed by atoms with E-state index in [1.807, 2.05) is 41.9 Å². The fraction of sp³-hybridized carbons (Fsp3) is 0.158. The average Bonchev–Trinajstić information content (AvgIpc) is 2.98. The summed E-state index contributed by atoms with van der Waals surface area (Å²) in [7, 11) is 1.87. The van der Waals surface area contributed by atoms with E-state index in [0.29, 0.717) is 22.0 Å². The molecule has 0 saturated carbocycles. The van der Waals surface area contributed by atoms with Gasteiger partial charge < -0.3 is 4.57 Å². The number of carbonyl (C=O) groups excluding carboxylic acids is 2. The normalized spacial score (nSPS) is 10.7. The van der Waals surface area contributed by atoms with Crippen molar-refractivity contribution >= 4 is 45.9 Å². The van der Waals surface area contributed by atoms with E-state index in [0.717, 1.165) is 16.5 Å². The number of amides is 2. The van der Waals surface area contributed by atoms with Gasteiger partial charge in [0, 0.05) is 30.6 Å². The van der Waals surface area contributed by atoms with Crippen molar-refractivity contribution in [3.05, 3.63) is 69.8 Å². The number of benzene rings is 2. The maximum absolute atomic E-state index is 12.4. The first-order valence-electron chi connectivity index (χ1n) is 8.03. The van der Waals surface area contributed by atoms with Gasteiger partial charge in [-0.25, -0.2) is 0 Å². The molecule has 3 aromatic rings. The number of hydrazine groups is 1. The summed E-state index contributed by atoms with van der Waals surface area (Å²) in [6, 6.07) is 12.9. The summed E-state index contributed by atoms with van der Waals surface area (Å²) in [5.74, 6) is -0.675. The first kappa shape index (κ1) is 18.3. The monoisotopic (exact) mass is 389 g/mol. The number of rotatable bonds is 4. The molecule has 0 spiro atoms. The Balaban J connectivity index is 1.59. The largest absolute Gasteiger partial charge is 0.350 e. The third-order valence-electron chi connectivity index (χ3n) is 4.11. The molecule has 0 aliphatic rings. The zero-order valence-electron chi connectivity index (χ0n) is 14.1. The summed E-state index contributed by atoms with van der Waals surface area (Å²) >= 11 is 12.1. The number of carbonyl (C=O) groups is 2. The molecular weight excluding hydrogens is 373 g/mol. The molecular formula is C19H17Cl2N3O2. The molecule has 7 heteroatoms. The van der Waals surface area contributed by atoms with Crippen molar-refractivity contribution in [3.63, 3.8) is 0 Å². The number of hydrogen-bond donors (Lipinski definition) is 2. The molecule has 0 aliphatic heterocycles. The summed E-state index contributed by atoms with van der Waals surface area (Å²) in [5.41, 5.74) is 7.12. The summed E-state index contributed by atoms with van der Waals surface area (Å²) in [4.78, 5) is 24.4. The van der Waals surface area contributed by atoms with Gasteiger partial charge in [-0.3, -0.25) is 20.4 Å². The first-order chi connectivity index (χ1) is 12.5. The lowest BCUT2D eigenvalue weighted by Crippen LogP contribution is -2.41. The first-order valence-corrected chi connectivity index (χ1v) is 8.79. The fourth-order valence-electron chi connectivity index (χ4n) is 2.77. The third kappa shape index (κ3) is 3.84. The summed E-state index contributed by atoms with van der Waals surface area (Å²) in [5, 5.41) is 1.73. The van der Waals surface area contributed by atoms with Crippen molar-refractivity contribution in [2.45, 2.75) is 12.8 Å². The van der Waals surface area contributed by atoms with Crippen LogP contribution < -0.4 is 10.9 Å². The Labute approximate surface area is 160 Å². The van der Waals surface area contributed by atoms with Gasteiger partial charge in [0.25, 0.3) is 5.91 Å². The SMILES string of the molecule is Cn1cc(C(=O)NNC(=O)CCc2cccc(Cl)c2Cl)c2ccccc21. The second kappa shape index (κ2) is 7.81. The highest BCUT2D eigenvalue weighted by molar-refractivity contribution is 6.42. The van der Waals surface area contributed by atoms with E-state index >= 15 is 0 Å². The second-order valence-corrected chi connectivity index (χ2v) is 6.67. The van der Waals surface area contributed by atoms with Crippen molar-refractivity contribution in [1.29, 1.82) is 0 Å². The van der Waals surface area contributed by atoms with Crippen LogP contribution in [-0.4, -0.2) is 16.4 Å².